The van der Waals surface area contributed by atoms with Crippen LogP contribution < -0.4 is 11.1 Å². The number of rotatable bonds is 6. The van der Waals surface area contributed by atoms with Crippen LogP contribution in [0, 0.1) is 0 Å². The van der Waals surface area contributed by atoms with Crippen molar-refractivity contribution in [1.29, 1.82) is 0 Å². The molecule has 0 aliphatic heterocycles. The fourth-order valence-electron chi connectivity index (χ4n) is 1.09. The Morgan fingerprint density at radius 1 is 1.73 bits per heavy atom. The van der Waals surface area contributed by atoms with Gasteiger partial charge in [-0.2, -0.15) is 11.3 Å². The van der Waals surface area contributed by atoms with Crippen LogP contribution in [0.15, 0.2) is 16.8 Å². The predicted octanol–water partition coefficient (Wildman–Crippen LogP) is 0.728. The minimum Gasteiger partial charge on any atom is -0.385 e. The molecule has 0 bridgehead atoms. The number of amides is 1. The molecule has 0 saturated carbocycles. The highest BCUT2D eigenvalue weighted by Crippen LogP contribution is 2.04. The van der Waals surface area contributed by atoms with Crippen molar-refractivity contribution in [2.24, 2.45) is 5.73 Å². The van der Waals surface area contributed by atoms with E-state index in [9.17, 15) is 4.79 Å². The van der Waals surface area contributed by atoms with Crippen LogP contribution in [-0.2, 0) is 16.1 Å². The topological polar surface area (TPSA) is 64.3 Å². The third-order valence-corrected chi connectivity index (χ3v) is 2.75. The summed E-state index contributed by atoms with van der Waals surface area (Å²) in [5.74, 6) is -0.127. The van der Waals surface area contributed by atoms with Crippen molar-refractivity contribution >= 4 is 17.2 Å². The second-order valence-electron chi connectivity index (χ2n) is 3.24. The number of hydrogen-bond acceptors (Lipinski definition) is 4. The maximum absolute atomic E-state index is 11.5. The zero-order valence-corrected chi connectivity index (χ0v) is 9.55. The molecule has 15 heavy (non-hydrogen) atoms. The van der Waals surface area contributed by atoms with Crippen LogP contribution in [-0.4, -0.2) is 25.7 Å². The highest BCUT2D eigenvalue weighted by atomic mass is 32.1. The number of nitrogens with one attached hydrogen (secondary N) is 1. The van der Waals surface area contributed by atoms with Crippen molar-refractivity contribution in [3.05, 3.63) is 22.4 Å². The maximum atomic E-state index is 11.5. The molecule has 0 aliphatic rings. The van der Waals surface area contributed by atoms with E-state index in [1.54, 1.807) is 18.4 Å². The summed E-state index contributed by atoms with van der Waals surface area (Å²) in [6.45, 7) is 1.05. The minimum atomic E-state index is -0.483. The molecule has 1 aromatic rings. The van der Waals surface area contributed by atoms with Crippen LogP contribution in [0.4, 0.5) is 0 Å². The van der Waals surface area contributed by atoms with Crippen LogP contribution >= 0.6 is 11.3 Å². The lowest BCUT2D eigenvalue weighted by molar-refractivity contribution is -0.122. The van der Waals surface area contributed by atoms with Gasteiger partial charge in [-0.3, -0.25) is 4.79 Å². The molecule has 0 saturated heterocycles. The van der Waals surface area contributed by atoms with E-state index in [0.29, 0.717) is 19.6 Å². The van der Waals surface area contributed by atoms with E-state index < -0.39 is 6.04 Å². The van der Waals surface area contributed by atoms with Crippen molar-refractivity contribution in [3.63, 3.8) is 0 Å². The van der Waals surface area contributed by atoms with E-state index in [1.165, 1.54) is 0 Å². The molecule has 0 aromatic carbocycles. The Bertz CT molecular complexity index is 288. The quantitative estimate of drug-likeness (QED) is 0.754. The van der Waals surface area contributed by atoms with Gasteiger partial charge >= 0.3 is 0 Å². The molecule has 1 rings (SSSR count). The first-order chi connectivity index (χ1) is 7.24. The monoisotopic (exact) mass is 228 g/mol. The van der Waals surface area contributed by atoms with E-state index in [-0.39, 0.29) is 5.91 Å². The molecular formula is C10H16N2O2S. The van der Waals surface area contributed by atoms with Gasteiger partial charge in [-0.05, 0) is 28.8 Å². The van der Waals surface area contributed by atoms with E-state index in [0.717, 1.165) is 5.56 Å². The molecule has 5 heteroatoms. The van der Waals surface area contributed by atoms with Gasteiger partial charge in [0, 0.05) is 20.3 Å². The lowest BCUT2D eigenvalue weighted by Crippen LogP contribution is -2.40. The predicted molar refractivity (Wildman–Crippen MR) is 60.6 cm³/mol. The molecule has 1 atom stereocenters. The lowest BCUT2D eigenvalue weighted by atomic mass is 10.2. The number of thiophene rings is 1. The van der Waals surface area contributed by atoms with Crippen LogP contribution in [0.1, 0.15) is 12.0 Å². The summed E-state index contributed by atoms with van der Waals surface area (Å²) < 4.78 is 4.85. The molecule has 3 N–H and O–H groups in total. The van der Waals surface area contributed by atoms with Crippen LogP contribution in [0.3, 0.4) is 0 Å². The zero-order chi connectivity index (χ0) is 11.1. The number of methoxy groups -OCH3 is 1. The van der Waals surface area contributed by atoms with Gasteiger partial charge in [-0.15, -0.1) is 0 Å². The standard InChI is InChI=1S/C10H16N2O2S/c1-14-4-2-9(11)10(13)12-6-8-3-5-15-7-8/h3,5,7,9H,2,4,6,11H2,1H3,(H,12,13). The molecule has 4 nitrogen and oxygen atoms in total. The second-order valence-corrected chi connectivity index (χ2v) is 4.02. The van der Waals surface area contributed by atoms with E-state index in [1.807, 2.05) is 16.8 Å². The SMILES string of the molecule is COCCC(N)C(=O)NCc1ccsc1. The van der Waals surface area contributed by atoms with Gasteiger partial charge in [0.05, 0.1) is 6.04 Å². The molecule has 0 fully saturated rings. The van der Waals surface area contributed by atoms with Gasteiger partial charge in [0.2, 0.25) is 5.91 Å². The van der Waals surface area contributed by atoms with E-state index >= 15 is 0 Å². The zero-order valence-electron chi connectivity index (χ0n) is 8.73. The first kappa shape index (κ1) is 12.2. The smallest absolute Gasteiger partial charge is 0.237 e. The minimum absolute atomic E-state index is 0.127. The van der Waals surface area contributed by atoms with Gasteiger partial charge in [0.1, 0.15) is 0 Å². The second kappa shape index (κ2) is 6.55. The molecule has 1 unspecified atom stereocenters. The highest BCUT2D eigenvalue weighted by Gasteiger charge is 2.12. The summed E-state index contributed by atoms with van der Waals surface area (Å²) in [5, 5.41) is 6.76. The van der Waals surface area contributed by atoms with E-state index in [4.69, 9.17) is 10.5 Å². The van der Waals surface area contributed by atoms with Gasteiger partial charge in [0.15, 0.2) is 0 Å². The molecule has 0 radical (unpaired) electrons. The molecule has 1 aromatic heterocycles. The molecule has 84 valence electrons. The fourth-order valence-corrected chi connectivity index (χ4v) is 1.76. The van der Waals surface area contributed by atoms with Crippen molar-refractivity contribution in [1.82, 2.24) is 5.32 Å². The Labute approximate surface area is 93.4 Å². The number of carbonyl (C=O) groups excluding carboxylic acids is 1. The summed E-state index contributed by atoms with van der Waals surface area (Å²) in [7, 11) is 1.59. The van der Waals surface area contributed by atoms with Crippen molar-refractivity contribution in [2.45, 2.75) is 19.0 Å². The molecule has 1 heterocycles. The largest absolute Gasteiger partial charge is 0.385 e. The lowest BCUT2D eigenvalue weighted by Gasteiger charge is -2.10. The summed E-state index contributed by atoms with van der Waals surface area (Å²) in [6.07, 6.45) is 0.548. The Morgan fingerprint density at radius 3 is 3.13 bits per heavy atom. The molecule has 0 aliphatic carbocycles. The highest BCUT2D eigenvalue weighted by molar-refractivity contribution is 7.07. The molecule has 1 amide bonds. The molecular weight excluding hydrogens is 212 g/mol. The first-order valence-corrected chi connectivity index (χ1v) is 5.71. The number of nitrogens with two attached hydrogens (primary N) is 1. The number of carbonyl (C=O) groups is 1. The normalized spacial score (nSPS) is 12.4. The Morgan fingerprint density at radius 2 is 2.53 bits per heavy atom. The summed E-state index contributed by atoms with van der Waals surface area (Å²) in [4.78, 5) is 11.5. The maximum Gasteiger partial charge on any atom is 0.237 e. The number of ether oxygens (including phenoxy) is 1. The third-order valence-electron chi connectivity index (χ3n) is 2.02. The Kier molecular flexibility index (Phi) is 5.31. The van der Waals surface area contributed by atoms with Crippen molar-refractivity contribution in [3.8, 4) is 0 Å². The van der Waals surface area contributed by atoms with Crippen molar-refractivity contribution < 1.29 is 9.53 Å². The van der Waals surface area contributed by atoms with Crippen LogP contribution in [0.25, 0.3) is 0 Å². The first-order valence-electron chi connectivity index (χ1n) is 4.77. The van der Waals surface area contributed by atoms with Gasteiger partial charge in [-0.1, -0.05) is 0 Å². The summed E-state index contributed by atoms with van der Waals surface area (Å²) in [6, 6.07) is 1.50. The van der Waals surface area contributed by atoms with Crippen LogP contribution in [0.5, 0.6) is 0 Å². The average molecular weight is 228 g/mol. The summed E-state index contributed by atoms with van der Waals surface area (Å²) in [5.41, 5.74) is 6.76. The van der Waals surface area contributed by atoms with Gasteiger partial charge in [0.25, 0.3) is 0 Å². The Balaban J connectivity index is 2.23. The van der Waals surface area contributed by atoms with Gasteiger partial charge in [-0.25, -0.2) is 0 Å². The number of hydrogen-bond donors (Lipinski definition) is 2. The molecule has 0 spiro atoms. The van der Waals surface area contributed by atoms with E-state index in [2.05, 4.69) is 5.32 Å². The van der Waals surface area contributed by atoms with Gasteiger partial charge < -0.3 is 15.8 Å². The van der Waals surface area contributed by atoms with Crippen molar-refractivity contribution in [2.75, 3.05) is 13.7 Å². The van der Waals surface area contributed by atoms with Crippen LogP contribution in [0.2, 0.25) is 0 Å². The fraction of sp³-hybridized carbons (Fsp3) is 0.500. The average Bonchev–Trinajstić information content (AvgIpc) is 2.75. The third kappa shape index (κ3) is 4.42. The Hall–Kier alpha value is -0.910. The summed E-state index contributed by atoms with van der Waals surface area (Å²) >= 11 is 1.61.